The fourth-order valence-corrected chi connectivity index (χ4v) is 4.02. The first-order valence-corrected chi connectivity index (χ1v) is 7.99. The van der Waals surface area contributed by atoms with Gasteiger partial charge in [-0.3, -0.25) is 4.79 Å². The van der Waals surface area contributed by atoms with Crippen LogP contribution in [0.15, 0.2) is 42.5 Å². The lowest BCUT2D eigenvalue weighted by molar-refractivity contribution is -0.120. The summed E-state index contributed by atoms with van der Waals surface area (Å²) in [4.78, 5) is 12.1. The van der Waals surface area contributed by atoms with E-state index in [0.717, 1.165) is 13.0 Å². The van der Waals surface area contributed by atoms with Crippen LogP contribution >= 0.6 is 0 Å². The molecule has 1 saturated carbocycles. The molecule has 0 radical (unpaired) electrons. The number of hydrogen-bond donors (Lipinski definition) is 0. The number of benzene rings is 1. The van der Waals surface area contributed by atoms with Crippen LogP contribution in [0.1, 0.15) is 25.8 Å². The molecule has 1 fully saturated rings. The Morgan fingerprint density at radius 1 is 1.14 bits per heavy atom. The number of allylic oxidation sites excluding steroid dienone is 2. The van der Waals surface area contributed by atoms with Gasteiger partial charge in [-0.25, -0.2) is 0 Å². The van der Waals surface area contributed by atoms with Gasteiger partial charge < -0.3 is 4.74 Å². The first kappa shape index (κ1) is 14.5. The third kappa shape index (κ3) is 2.96. The lowest BCUT2D eigenvalue weighted by Crippen LogP contribution is -2.34. The van der Waals surface area contributed by atoms with E-state index in [4.69, 9.17) is 4.74 Å². The molecule has 1 aromatic rings. The molecular formula is C19H24O2. The molecule has 1 aromatic carbocycles. The minimum atomic E-state index is 0.140. The van der Waals surface area contributed by atoms with Crippen molar-refractivity contribution in [2.75, 3.05) is 6.61 Å². The highest BCUT2D eigenvalue weighted by Gasteiger charge is 2.46. The number of rotatable bonds is 4. The van der Waals surface area contributed by atoms with Gasteiger partial charge in [0.25, 0.3) is 0 Å². The Bertz CT molecular complexity index is 520. The van der Waals surface area contributed by atoms with Crippen molar-refractivity contribution < 1.29 is 9.53 Å². The summed E-state index contributed by atoms with van der Waals surface area (Å²) in [6.07, 6.45) is 5.10. The molecule has 3 rings (SSSR count). The molecule has 5 atom stereocenters. The van der Waals surface area contributed by atoms with Gasteiger partial charge in [0.1, 0.15) is 5.78 Å². The predicted molar refractivity (Wildman–Crippen MR) is 83.7 cm³/mol. The van der Waals surface area contributed by atoms with Gasteiger partial charge >= 0.3 is 0 Å². The highest BCUT2D eigenvalue weighted by Crippen LogP contribution is 2.46. The zero-order valence-electron chi connectivity index (χ0n) is 12.9. The quantitative estimate of drug-likeness (QED) is 0.785. The van der Waals surface area contributed by atoms with Crippen LogP contribution in [0.4, 0.5) is 0 Å². The molecule has 0 unspecified atom stereocenters. The molecule has 0 aliphatic heterocycles. The Hall–Kier alpha value is -1.41. The molecule has 21 heavy (non-hydrogen) atoms. The molecule has 2 aliphatic rings. The van der Waals surface area contributed by atoms with Crippen molar-refractivity contribution in [2.45, 2.75) is 26.9 Å². The molecule has 112 valence electrons. The van der Waals surface area contributed by atoms with Crippen LogP contribution in [-0.2, 0) is 16.1 Å². The number of carbonyl (C=O) groups excluding carboxylic acids is 1. The van der Waals surface area contributed by atoms with Crippen LogP contribution < -0.4 is 0 Å². The minimum absolute atomic E-state index is 0.140. The van der Waals surface area contributed by atoms with Crippen LogP contribution in [0.25, 0.3) is 0 Å². The van der Waals surface area contributed by atoms with Crippen molar-refractivity contribution in [2.24, 2.45) is 29.6 Å². The number of hydrogen-bond acceptors (Lipinski definition) is 2. The van der Waals surface area contributed by atoms with Crippen LogP contribution in [0, 0.1) is 29.6 Å². The van der Waals surface area contributed by atoms with E-state index < -0.39 is 0 Å². The van der Waals surface area contributed by atoms with E-state index in [2.05, 4.69) is 38.1 Å². The van der Waals surface area contributed by atoms with Gasteiger partial charge in [0.15, 0.2) is 0 Å². The van der Waals surface area contributed by atoms with Gasteiger partial charge in [0.2, 0.25) is 0 Å². The molecule has 0 heterocycles. The van der Waals surface area contributed by atoms with Gasteiger partial charge in [-0.1, -0.05) is 56.3 Å². The van der Waals surface area contributed by atoms with Gasteiger partial charge in [-0.15, -0.1) is 0 Å². The molecule has 0 spiro atoms. The summed E-state index contributed by atoms with van der Waals surface area (Å²) in [5.41, 5.74) is 1.21. The molecule has 2 aliphatic carbocycles. The number of fused-ring (bicyclic) bond motifs is 1. The van der Waals surface area contributed by atoms with Crippen molar-refractivity contribution >= 4 is 5.78 Å². The van der Waals surface area contributed by atoms with Crippen LogP contribution in [0.5, 0.6) is 0 Å². The lowest BCUT2D eigenvalue weighted by Gasteiger charge is -2.36. The van der Waals surface area contributed by atoms with E-state index in [1.54, 1.807) is 0 Å². The molecule has 0 saturated heterocycles. The lowest BCUT2D eigenvalue weighted by atomic mass is 9.70. The summed E-state index contributed by atoms with van der Waals surface area (Å²) in [6.45, 7) is 5.88. The Balaban J connectivity index is 1.64. The first-order valence-electron chi connectivity index (χ1n) is 7.99. The minimum Gasteiger partial charge on any atom is -0.376 e. The number of Topliss-reactive ketones (excluding diaryl/α,β-unsaturated/α-hetero) is 1. The largest absolute Gasteiger partial charge is 0.376 e. The molecule has 0 amide bonds. The van der Waals surface area contributed by atoms with E-state index >= 15 is 0 Å². The first-order chi connectivity index (χ1) is 10.2. The maximum atomic E-state index is 12.1. The third-order valence-corrected chi connectivity index (χ3v) is 5.18. The fraction of sp³-hybridized carbons (Fsp3) is 0.526. The summed E-state index contributed by atoms with van der Waals surface area (Å²) in [5, 5.41) is 0. The van der Waals surface area contributed by atoms with Gasteiger partial charge in [-0.2, -0.15) is 0 Å². The second-order valence-corrected chi connectivity index (χ2v) is 6.66. The summed E-state index contributed by atoms with van der Waals surface area (Å²) in [7, 11) is 0. The van der Waals surface area contributed by atoms with Crippen LogP contribution in [-0.4, -0.2) is 12.4 Å². The van der Waals surface area contributed by atoms with Crippen molar-refractivity contribution in [3.8, 4) is 0 Å². The van der Waals surface area contributed by atoms with Gasteiger partial charge in [0.05, 0.1) is 13.2 Å². The second-order valence-electron chi connectivity index (χ2n) is 6.66. The molecule has 2 nitrogen and oxygen atoms in total. The Labute approximate surface area is 127 Å². The van der Waals surface area contributed by atoms with E-state index in [1.165, 1.54) is 5.56 Å². The van der Waals surface area contributed by atoms with E-state index in [9.17, 15) is 4.79 Å². The predicted octanol–water partition coefficient (Wildman–Crippen LogP) is 3.87. The summed E-state index contributed by atoms with van der Waals surface area (Å²) in [5.74, 6) is 2.47. The zero-order chi connectivity index (χ0) is 14.8. The Morgan fingerprint density at radius 3 is 2.67 bits per heavy atom. The third-order valence-electron chi connectivity index (χ3n) is 5.18. The molecule has 2 heteroatoms. The maximum Gasteiger partial charge on any atom is 0.140 e. The van der Waals surface area contributed by atoms with Gasteiger partial charge in [0, 0.05) is 12.3 Å². The molecule has 0 bridgehead atoms. The van der Waals surface area contributed by atoms with E-state index in [-0.39, 0.29) is 5.92 Å². The molecule has 0 aromatic heterocycles. The van der Waals surface area contributed by atoms with Gasteiger partial charge in [-0.05, 0) is 29.2 Å². The molecule has 0 N–H and O–H groups in total. The van der Waals surface area contributed by atoms with E-state index in [1.807, 2.05) is 18.2 Å². The average Bonchev–Trinajstić information content (AvgIpc) is 2.77. The second kappa shape index (κ2) is 6.15. The summed E-state index contributed by atoms with van der Waals surface area (Å²) in [6, 6.07) is 10.3. The van der Waals surface area contributed by atoms with E-state index in [0.29, 0.717) is 36.1 Å². The SMILES string of the molecule is C[C@@H]1C=C[C@H]2C(=O)C[C@H](C)[C@H]2[C@H]1COCc1ccccc1. The Kier molecular flexibility index (Phi) is 4.25. The highest BCUT2D eigenvalue weighted by molar-refractivity contribution is 5.85. The number of carbonyl (C=O) groups is 1. The molecular weight excluding hydrogens is 260 g/mol. The van der Waals surface area contributed by atoms with Crippen molar-refractivity contribution in [1.29, 1.82) is 0 Å². The monoisotopic (exact) mass is 284 g/mol. The van der Waals surface area contributed by atoms with Crippen LogP contribution in [0.3, 0.4) is 0 Å². The standard InChI is InChI=1S/C19H24O2/c1-13-8-9-16-18(20)10-14(2)19(16)17(13)12-21-11-15-6-4-3-5-7-15/h3-9,13-14,16-17,19H,10-12H2,1-2H3/t13-,14+,16+,17+,19-/m1/s1. The van der Waals surface area contributed by atoms with Crippen molar-refractivity contribution in [1.82, 2.24) is 0 Å². The number of ketones is 1. The van der Waals surface area contributed by atoms with Crippen molar-refractivity contribution in [3.63, 3.8) is 0 Å². The Morgan fingerprint density at radius 2 is 1.90 bits per heavy atom. The summed E-state index contributed by atoms with van der Waals surface area (Å²) >= 11 is 0. The van der Waals surface area contributed by atoms with Crippen LogP contribution in [0.2, 0.25) is 0 Å². The smallest absolute Gasteiger partial charge is 0.140 e. The highest BCUT2D eigenvalue weighted by atomic mass is 16.5. The fourth-order valence-electron chi connectivity index (χ4n) is 4.02. The average molecular weight is 284 g/mol. The summed E-state index contributed by atoms with van der Waals surface area (Å²) < 4.78 is 5.98. The van der Waals surface area contributed by atoms with Crippen molar-refractivity contribution in [3.05, 3.63) is 48.0 Å². The zero-order valence-corrected chi connectivity index (χ0v) is 12.9. The normalized spacial score (nSPS) is 35.0. The number of ether oxygens (including phenoxy) is 1. The maximum absolute atomic E-state index is 12.1. The topological polar surface area (TPSA) is 26.3 Å².